The molecule has 1 atom stereocenters. The summed E-state index contributed by atoms with van der Waals surface area (Å²) >= 11 is 0. The summed E-state index contributed by atoms with van der Waals surface area (Å²) < 4.78 is 5.73. The normalized spacial score (nSPS) is 26.5. The molecule has 1 aromatic rings. The minimum atomic E-state index is 0. The van der Waals surface area contributed by atoms with E-state index < -0.39 is 0 Å². The summed E-state index contributed by atoms with van der Waals surface area (Å²) in [5.41, 5.74) is 1.46. The van der Waals surface area contributed by atoms with Crippen LogP contribution in [0, 0.1) is 5.92 Å². The van der Waals surface area contributed by atoms with E-state index in [4.69, 9.17) is 4.74 Å². The molecule has 1 aromatic carbocycles. The predicted molar refractivity (Wildman–Crippen MR) is 95.1 cm³/mol. The number of rotatable bonds is 7. The van der Waals surface area contributed by atoms with Crippen LogP contribution in [0.4, 0.5) is 0 Å². The Bertz CT molecular complexity index is 426. The van der Waals surface area contributed by atoms with E-state index in [9.17, 15) is 0 Å². The molecule has 0 N–H and O–H groups in total. The molecule has 0 saturated carbocycles. The van der Waals surface area contributed by atoms with Crippen LogP contribution in [0.1, 0.15) is 51.0 Å². The van der Waals surface area contributed by atoms with Gasteiger partial charge in [0.05, 0.1) is 6.61 Å². The van der Waals surface area contributed by atoms with Gasteiger partial charge in [-0.3, -0.25) is 0 Å². The van der Waals surface area contributed by atoms with Crippen LogP contribution in [0.5, 0.6) is 5.75 Å². The summed E-state index contributed by atoms with van der Waals surface area (Å²) in [6.45, 7) is 5.73. The lowest BCUT2D eigenvalue weighted by atomic mass is 9.81. The molecule has 0 aromatic heterocycles. The molecule has 3 aliphatic rings. The second-order valence-corrected chi connectivity index (χ2v) is 6.75. The molecule has 3 fully saturated rings. The van der Waals surface area contributed by atoms with E-state index in [1.807, 2.05) is 0 Å². The van der Waals surface area contributed by atoms with E-state index in [0.717, 1.165) is 30.7 Å². The summed E-state index contributed by atoms with van der Waals surface area (Å²) in [5.74, 6) is 2.04. The van der Waals surface area contributed by atoms with Crippen molar-refractivity contribution in [3.63, 3.8) is 0 Å². The van der Waals surface area contributed by atoms with Gasteiger partial charge in [-0.2, -0.15) is 0 Å². The van der Waals surface area contributed by atoms with E-state index >= 15 is 0 Å². The molecule has 1 unspecified atom stereocenters. The molecular formula is C19H30ClNO. The molecule has 0 radical (unpaired) electrons. The van der Waals surface area contributed by atoms with Crippen molar-refractivity contribution in [2.45, 2.75) is 57.9 Å². The van der Waals surface area contributed by atoms with E-state index in [1.165, 1.54) is 57.2 Å². The smallest absolute Gasteiger partial charge is 0.119 e. The Balaban J connectivity index is 0.00000176. The summed E-state index contributed by atoms with van der Waals surface area (Å²) in [5, 5.41) is 0. The second-order valence-electron chi connectivity index (χ2n) is 6.75. The van der Waals surface area contributed by atoms with Crippen LogP contribution in [0.2, 0.25) is 0 Å². The topological polar surface area (TPSA) is 12.5 Å². The Morgan fingerprint density at radius 2 is 1.86 bits per heavy atom. The molecule has 3 heteroatoms. The lowest BCUT2D eigenvalue weighted by molar-refractivity contribution is 0.0454. The summed E-state index contributed by atoms with van der Waals surface area (Å²) in [6, 6.07) is 9.62. The van der Waals surface area contributed by atoms with E-state index in [0.29, 0.717) is 0 Å². The van der Waals surface area contributed by atoms with Gasteiger partial charge in [-0.1, -0.05) is 25.5 Å². The van der Waals surface area contributed by atoms with Crippen LogP contribution >= 0.6 is 12.4 Å². The maximum absolute atomic E-state index is 5.73. The zero-order valence-corrected chi connectivity index (χ0v) is 14.6. The van der Waals surface area contributed by atoms with Gasteiger partial charge in [0.15, 0.2) is 0 Å². The van der Waals surface area contributed by atoms with Crippen molar-refractivity contribution in [3.05, 3.63) is 29.8 Å². The third kappa shape index (κ3) is 4.63. The molecule has 2 bridgehead atoms. The molecular weight excluding hydrogens is 294 g/mol. The van der Waals surface area contributed by atoms with Crippen molar-refractivity contribution in [3.8, 4) is 5.75 Å². The minimum absolute atomic E-state index is 0. The molecule has 0 spiro atoms. The number of hydrogen-bond donors (Lipinski definition) is 0. The molecule has 3 saturated heterocycles. The van der Waals surface area contributed by atoms with Crippen molar-refractivity contribution in [2.24, 2.45) is 5.92 Å². The van der Waals surface area contributed by atoms with Crippen molar-refractivity contribution in [1.82, 2.24) is 4.90 Å². The van der Waals surface area contributed by atoms with Crippen molar-refractivity contribution in [1.29, 1.82) is 0 Å². The molecule has 3 aliphatic heterocycles. The van der Waals surface area contributed by atoms with E-state index in [2.05, 4.69) is 36.1 Å². The van der Waals surface area contributed by atoms with Crippen molar-refractivity contribution in [2.75, 3.05) is 19.7 Å². The first-order valence-electron chi connectivity index (χ1n) is 8.81. The number of piperidine rings is 3. The van der Waals surface area contributed by atoms with Gasteiger partial charge in [-0.15, -0.1) is 12.4 Å². The number of aryl methyl sites for hydroxylation is 1. The quantitative estimate of drug-likeness (QED) is 0.674. The molecule has 2 nitrogen and oxygen atoms in total. The largest absolute Gasteiger partial charge is 0.494 e. The molecule has 22 heavy (non-hydrogen) atoms. The van der Waals surface area contributed by atoms with Crippen molar-refractivity contribution >= 4 is 12.4 Å². The minimum Gasteiger partial charge on any atom is -0.494 e. The fourth-order valence-corrected chi connectivity index (χ4v) is 3.81. The molecule has 0 aliphatic carbocycles. The molecule has 3 heterocycles. The lowest BCUT2D eigenvalue weighted by Gasteiger charge is -2.45. The predicted octanol–water partition coefficient (Wildman–Crippen LogP) is 4.70. The van der Waals surface area contributed by atoms with E-state index in [1.54, 1.807) is 0 Å². The summed E-state index contributed by atoms with van der Waals surface area (Å²) in [7, 11) is 0. The molecule has 4 rings (SSSR count). The highest BCUT2D eigenvalue weighted by atomic mass is 35.5. The van der Waals surface area contributed by atoms with E-state index in [-0.39, 0.29) is 12.4 Å². The first-order chi connectivity index (χ1) is 10.3. The zero-order chi connectivity index (χ0) is 14.5. The van der Waals surface area contributed by atoms with Gasteiger partial charge in [0.2, 0.25) is 0 Å². The van der Waals surface area contributed by atoms with Gasteiger partial charge in [0, 0.05) is 6.04 Å². The Morgan fingerprint density at radius 3 is 2.45 bits per heavy atom. The van der Waals surface area contributed by atoms with Crippen LogP contribution < -0.4 is 4.74 Å². The fraction of sp³-hybridized carbons (Fsp3) is 0.684. The van der Waals surface area contributed by atoms with Gasteiger partial charge in [-0.05, 0) is 75.2 Å². The monoisotopic (exact) mass is 323 g/mol. The van der Waals surface area contributed by atoms with Gasteiger partial charge in [0.1, 0.15) is 5.75 Å². The standard InChI is InChI=1S/C19H29NO.ClH/c1-2-3-14-21-19-8-5-16(6-9-19)4-7-18-15-17-10-12-20(18)13-11-17;/h5-6,8-9,17-18H,2-4,7,10-15H2,1H3;1H. The van der Waals surface area contributed by atoms with Gasteiger partial charge < -0.3 is 9.64 Å². The lowest BCUT2D eigenvalue weighted by Crippen LogP contribution is -2.48. The number of nitrogens with zero attached hydrogens (tertiary/aromatic N) is 1. The molecule has 124 valence electrons. The highest BCUT2D eigenvalue weighted by molar-refractivity contribution is 5.85. The Kier molecular flexibility index (Phi) is 7.04. The SMILES string of the molecule is CCCCOc1ccc(CCC2CC3CCN2CC3)cc1.Cl. The summed E-state index contributed by atoms with van der Waals surface area (Å²) in [4.78, 5) is 2.72. The highest BCUT2D eigenvalue weighted by Gasteiger charge is 2.32. The fourth-order valence-electron chi connectivity index (χ4n) is 3.81. The third-order valence-corrected chi connectivity index (χ3v) is 5.23. The number of ether oxygens (including phenoxy) is 1. The van der Waals surface area contributed by atoms with Gasteiger partial charge in [0.25, 0.3) is 0 Å². The number of halogens is 1. The van der Waals surface area contributed by atoms with Crippen LogP contribution in [0.25, 0.3) is 0 Å². The van der Waals surface area contributed by atoms with Crippen molar-refractivity contribution < 1.29 is 4.74 Å². The van der Waals surface area contributed by atoms with Crippen LogP contribution in [-0.4, -0.2) is 30.6 Å². The first kappa shape index (κ1) is 17.6. The Hall–Kier alpha value is -0.730. The average molecular weight is 324 g/mol. The third-order valence-electron chi connectivity index (χ3n) is 5.23. The highest BCUT2D eigenvalue weighted by Crippen LogP contribution is 2.33. The summed E-state index contributed by atoms with van der Waals surface area (Å²) in [6.07, 6.45) is 9.20. The van der Waals surface area contributed by atoms with Gasteiger partial charge >= 0.3 is 0 Å². The van der Waals surface area contributed by atoms with Crippen LogP contribution in [-0.2, 0) is 6.42 Å². The number of benzene rings is 1. The van der Waals surface area contributed by atoms with Crippen LogP contribution in [0.15, 0.2) is 24.3 Å². The first-order valence-corrected chi connectivity index (χ1v) is 8.81. The zero-order valence-electron chi connectivity index (χ0n) is 13.8. The second kappa shape index (κ2) is 8.79. The maximum Gasteiger partial charge on any atom is 0.119 e. The Morgan fingerprint density at radius 1 is 1.14 bits per heavy atom. The van der Waals surface area contributed by atoms with Gasteiger partial charge in [-0.25, -0.2) is 0 Å². The molecule has 0 amide bonds. The number of unbranched alkanes of at least 4 members (excludes halogenated alkanes) is 1. The number of hydrogen-bond acceptors (Lipinski definition) is 2. The van der Waals surface area contributed by atoms with Crippen LogP contribution in [0.3, 0.4) is 0 Å². The average Bonchev–Trinajstić information content (AvgIpc) is 2.55. The number of fused-ring (bicyclic) bond motifs is 3. The Labute approximate surface area is 141 Å². The maximum atomic E-state index is 5.73.